The molecule has 0 bridgehead atoms. The number of amides is 1. The zero-order chi connectivity index (χ0) is 20.1. The molecular formula is C21H26N2O4S. The summed E-state index contributed by atoms with van der Waals surface area (Å²) in [5, 5.41) is 2.89. The van der Waals surface area contributed by atoms with Crippen molar-refractivity contribution in [3.8, 4) is 5.75 Å². The number of thiazole rings is 1. The fraction of sp³-hybridized carbons (Fsp3) is 0.476. The number of aromatic nitrogens is 1. The van der Waals surface area contributed by atoms with E-state index in [-0.39, 0.29) is 12.5 Å². The van der Waals surface area contributed by atoms with Gasteiger partial charge < -0.3 is 14.4 Å². The minimum absolute atomic E-state index is 0.142. The average Bonchev–Trinajstić information content (AvgIpc) is 3.11. The predicted octanol–water partition coefficient (Wildman–Crippen LogP) is 3.83. The molecule has 6 nitrogen and oxygen atoms in total. The van der Waals surface area contributed by atoms with Gasteiger partial charge in [0.05, 0.1) is 10.7 Å². The Labute approximate surface area is 169 Å². The highest BCUT2D eigenvalue weighted by atomic mass is 32.1. The predicted molar refractivity (Wildman–Crippen MR) is 107 cm³/mol. The summed E-state index contributed by atoms with van der Waals surface area (Å²) in [5.41, 5.74) is 1.12. The Kier molecular flexibility index (Phi) is 6.67. The highest BCUT2D eigenvalue weighted by Crippen LogP contribution is 2.22. The molecule has 1 amide bonds. The van der Waals surface area contributed by atoms with Gasteiger partial charge in [0.1, 0.15) is 17.9 Å². The molecule has 2 aromatic rings. The molecular weight excluding hydrogens is 376 g/mol. The summed E-state index contributed by atoms with van der Waals surface area (Å²) in [6.07, 6.45) is 1.15. The smallest absolute Gasteiger partial charge is 0.342 e. The van der Waals surface area contributed by atoms with Crippen molar-refractivity contribution in [2.45, 2.75) is 46.3 Å². The number of benzene rings is 1. The second kappa shape index (κ2) is 9.19. The zero-order valence-electron chi connectivity index (χ0n) is 16.5. The number of piperidine rings is 1. The standard InChI is InChI=1S/C21H26N2O4S/c1-14-8-10-23(11-9-14)20(24)15(2)27-21(25)18-6-4-5-7-19(18)26-12-17-13-28-16(3)22-17/h4-7,13-15H,8-12H2,1-3H3/t15-/m1/s1. The van der Waals surface area contributed by atoms with E-state index in [2.05, 4.69) is 11.9 Å². The molecule has 1 aromatic heterocycles. The van der Waals surface area contributed by atoms with Crippen LogP contribution in [0.2, 0.25) is 0 Å². The van der Waals surface area contributed by atoms with Gasteiger partial charge in [-0.25, -0.2) is 9.78 Å². The van der Waals surface area contributed by atoms with Gasteiger partial charge in [-0.2, -0.15) is 0 Å². The number of likely N-dealkylation sites (tertiary alicyclic amines) is 1. The molecule has 1 atom stereocenters. The lowest BCUT2D eigenvalue weighted by molar-refractivity contribution is -0.141. The third-order valence-electron chi connectivity index (χ3n) is 4.88. The van der Waals surface area contributed by atoms with Crippen LogP contribution < -0.4 is 4.74 Å². The lowest BCUT2D eigenvalue weighted by Gasteiger charge is -2.31. The minimum Gasteiger partial charge on any atom is -0.486 e. The van der Waals surface area contributed by atoms with E-state index in [1.807, 2.05) is 12.3 Å². The van der Waals surface area contributed by atoms with E-state index in [9.17, 15) is 9.59 Å². The number of ether oxygens (including phenoxy) is 2. The largest absolute Gasteiger partial charge is 0.486 e. The molecule has 1 fully saturated rings. The summed E-state index contributed by atoms with van der Waals surface area (Å²) in [7, 11) is 0. The van der Waals surface area contributed by atoms with Gasteiger partial charge in [-0.15, -0.1) is 11.3 Å². The molecule has 1 saturated heterocycles. The van der Waals surface area contributed by atoms with Crippen molar-refractivity contribution in [2.75, 3.05) is 13.1 Å². The molecule has 1 aromatic carbocycles. The molecule has 2 heterocycles. The highest BCUT2D eigenvalue weighted by Gasteiger charge is 2.27. The lowest BCUT2D eigenvalue weighted by Crippen LogP contribution is -2.44. The van der Waals surface area contributed by atoms with E-state index in [1.54, 1.807) is 47.4 Å². The van der Waals surface area contributed by atoms with Gasteiger partial charge in [-0.1, -0.05) is 19.1 Å². The van der Waals surface area contributed by atoms with Gasteiger partial charge in [0.2, 0.25) is 0 Å². The quantitative estimate of drug-likeness (QED) is 0.687. The Hall–Kier alpha value is -2.41. The number of rotatable bonds is 6. The van der Waals surface area contributed by atoms with Crippen LogP contribution in [0.5, 0.6) is 5.75 Å². The van der Waals surface area contributed by atoms with E-state index in [0.29, 0.717) is 30.3 Å². The number of hydrogen-bond acceptors (Lipinski definition) is 6. The second-order valence-corrected chi connectivity index (χ2v) is 8.26. The maximum atomic E-state index is 12.6. The molecule has 0 aliphatic carbocycles. The molecule has 1 aliphatic heterocycles. The first kappa shape index (κ1) is 20.3. The summed E-state index contributed by atoms with van der Waals surface area (Å²) in [4.78, 5) is 31.4. The molecule has 1 aliphatic rings. The van der Waals surface area contributed by atoms with E-state index in [4.69, 9.17) is 9.47 Å². The van der Waals surface area contributed by atoms with Gasteiger partial charge >= 0.3 is 5.97 Å². The molecule has 0 saturated carbocycles. The summed E-state index contributed by atoms with van der Waals surface area (Å²) < 4.78 is 11.2. The fourth-order valence-corrected chi connectivity index (χ4v) is 3.75. The van der Waals surface area contributed by atoms with Crippen molar-refractivity contribution >= 4 is 23.2 Å². The van der Waals surface area contributed by atoms with Crippen molar-refractivity contribution in [1.29, 1.82) is 0 Å². The number of nitrogens with zero attached hydrogens (tertiary/aromatic N) is 2. The molecule has 0 unspecified atom stereocenters. The Morgan fingerprint density at radius 1 is 1.29 bits per heavy atom. The Morgan fingerprint density at radius 2 is 2.00 bits per heavy atom. The van der Waals surface area contributed by atoms with Gasteiger partial charge in [0, 0.05) is 18.5 Å². The van der Waals surface area contributed by atoms with Crippen LogP contribution in [0.1, 0.15) is 47.7 Å². The molecule has 0 N–H and O–H groups in total. The van der Waals surface area contributed by atoms with Crippen molar-refractivity contribution in [1.82, 2.24) is 9.88 Å². The number of carbonyl (C=O) groups is 2. The normalized spacial score (nSPS) is 15.9. The Bertz CT molecular complexity index is 827. The van der Waals surface area contributed by atoms with Crippen molar-refractivity contribution in [3.63, 3.8) is 0 Å². The third kappa shape index (κ3) is 5.10. The van der Waals surface area contributed by atoms with E-state index < -0.39 is 12.1 Å². The van der Waals surface area contributed by atoms with Gasteiger partial charge in [0.25, 0.3) is 5.91 Å². The van der Waals surface area contributed by atoms with Crippen LogP contribution in [0, 0.1) is 12.8 Å². The van der Waals surface area contributed by atoms with Gasteiger partial charge in [-0.05, 0) is 44.7 Å². The highest BCUT2D eigenvalue weighted by molar-refractivity contribution is 7.09. The Balaban J connectivity index is 1.61. The first-order chi connectivity index (χ1) is 13.4. The minimum atomic E-state index is -0.824. The monoisotopic (exact) mass is 402 g/mol. The Morgan fingerprint density at radius 3 is 2.68 bits per heavy atom. The third-order valence-corrected chi connectivity index (χ3v) is 5.70. The van der Waals surface area contributed by atoms with Crippen LogP contribution in [-0.2, 0) is 16.1 Å². The van der Waals surface area contributed by atoms with Crippen LogP contribution >= 0.6 is 11.3 Å². The van der Waals surface area contributed by atoms with Gasteiger partial charge in [-0.3, -0.25) is 4.79 Å². The van der Waals surface area contributed by atoms with E-state index >= 15 is 0 Å². The lowest BCUT2D eigenvalue weighted by atomic mass is 9.99. The number of hydrogen-bond donors (Lipinski definition) is 0. The maximum Gasteiger partial charge on any atom is 0.342 e. The molecule has 0 spiro atoms. The number of esters is 1. The van der Waals surface area contributed by atoms with Crippen LogP contribution in [0.3, 0.4) is 0 Å². The number of carbonyl (C=O) groups excluding carboxylic acids is 2. The average molecular weight is 403 g/mol. The van der Waals surface area contributed by atoms with Crippen LogP contribution in [-0.4, -0.2) is 41.0 Å². The molecule has 7 heteroatoms. The fourth-order valence-electron chi connectivity index (χ4n) is 3.15. The van der Waals surface area contributed by atoms with Crippen molar-refractivity contribution in [3.05, 3.63) is 45.9 Å². The SMILES string of the molecule is Cc1nc(COc2ccccc2C(=O)O[C@H](C)C(=O)N2CCC(C)CC2)cs1. The summed E-state index contributed by atoms with van der Waals surface area (Å²) in [6, 6.07) is 6.90. The molecule has 150 valence electrons. The molecule has 3 rings (SSSR count). The number of aryl methyl sites for hydroxylation is 1. The van der Waals surface area contributed by atoms with Crippen LogP contribution in [0.15, 0.2) is 29.6 Å². The summed E-state index contributed by atoms with van der Waals surface area (Å²) in [6.45, 7) is 7.45. The van der Waals surface area contributed by atoms with Crippen molar-refractivity contribution in [2.24, 2.45) is 5.92 Å². The first-order valence-electron chi connectivity index (χ1n) is 9.56. The maximum absolute atomic E-state index is 12.6. The van der Waals surface area contributed by atoms with E-state index in [1.165, 1.54) is 0 Å². The van der Waals surface area contributed by atoms with E-state index in [0.717, 1.165) is 23.5 Å². The van der Waals surface area contributed by atoms with Crippen LogP contribution in [0.4, 0.5) is 0 Å². The van der Waals surface area contributed by atoms with Crippen LogP contribution in [0.25, 0.3) is 0 Å². The second-order valence-electron chi connectivity index (χ2n) is 7.20. The van der Waals surface area contributed by atoms with Crippen molar-refractivity contribution < 1.29 is 19.1 Å². The molecule has 28 heavy (non-hydrogen) atoms. The first-order valence-corrected chi connectivity index (χ1v) is 10.4. The molecule has 0 radical (unpaired) electrons. The summed E-state index contributed by atoms with van der Waals surface area (Å²) in [5.74, 6) is 0.352. The number of para-hydroxylation sites is 1. The zero-order valence-corrected chi connectivity index (χ0v) is 17.3. The summed E-state index contributed by atoms with van der Waals surface area (Å²) >= 11 is 1.55. The topological polar surface area (TPSA) is 68.7 Å². The van der Waals surface area contributed by atoms with Gasteiger partial charge in [0.15, 0.2) is 6.10 Å².